The number of carbonyl (C=O) groups is 8. The molecule has 0 aliphatic carbocycles. The van der Waals surface area contributed by atoms with Crippen molar-refractivity contribution in [2.75, 3.05) is 58.9 Å². The van der Waals surface area contributed by atoms with Crippen molar-refractivity contribution in [2.45, 2.75) is 148 Å². The minimum atomic E-state index is -1.16. The molecule has 5 aromatic carbocycles. The number of primary amides is 1. The number of hydrogen-bond donors (Lipinski definition) is 10. The van der Waals surface area contributed by atoms with Crippen molar-refractivity contribution in [3.8, 4) is 0 Å². The highest BCUT2D eigenvalue weighted by atomic mass is 16.2. The zero-order chi connectivity index (χ0) is 62.9. The summed E-state index contributed by atoms with van der Waals surface area (Å²) in [6, 6.07) is 30.7. The first-order valence-corrected chi connectivity index (χ1v) is 30.9. The van der Waals surface area contributed by atoms with Gasteiger partial charge in [-0.15, -0.1) is 0 Å². The maximum absolute atomic E-state index is 15.3. The van der Waals surface area contributed by atoms with Crippen molar-refractivity contribution in [1.82, 2.24) is 41.3 Å². The van der Waals surface area contributed by atoms with Gasteiger partial charge in [-0.05, 0) is 155 Å². The lowest BCUT2D eigenvalue weighted by Crippen LogP contribution is -2.56. The van der Waals surface area contributed by atoms with Gasteiger partial charge in [-0.3, -0.25) is 38.4 Å². The summed E-state index contributed by atoms with van der Waals surface area (Å²) in [5.41, 5.74) is 32.5. The quantitative estimate of drug-likeness (QED) is 0.0248. The Hall–Kier alpha value is -7.82. The summed E-state index contributed by atoms with van der Waals surface area (Å²) in [5.74, 6) is -4.65. The third kappa shape index (κ3) is 23.8. The summed E-state index contributed by atoms with van der Waals surface area (Å²) < 4.78 is 0. The van der Waals surface area contributed by atoms with Gasteiger partial charge in [-0.1, -0.05) is 128 Å². The van der Waals surface area contributed by atoms with Crippen molar-refractivity contribution in [3.05, 3.63) is 131 Å². The lowest BCUT2D eigenvalue weighted by Gasteiger charge is -2.31. The number of nitrogens with two attached hydrogens (primary N) is 5. The van der Waals surface area contributed by atoms with E-state index in [0.29, 0.717) is 96.9 Å². The summed E-state index contributed by atoms with van der Waals surface area (Å²) in [7, 11) is 0. The fraction of sp³-hybridized carbons (Fsp3) is 0.485. The number of nitrogens with one attached hydrogen (secondary N) is 5. The number of unbranched alkanes of at least 4 members (excludes halogenated alkanes) is 5. The molecule has 21 nitrogen and oxygen atoms in total. The van der Waals surface area contributed by atoms with Gasteiger partial charge in [-0.25, -0.2) is 0 Å². The molecule has 0 unspecified atom stereocenters. The molecule has 0 aliphatic heterocycles. The van der Waals surface area contributed by atoms with Gasteiger partial charge in [-0.2, -0.15) is 0 Å². The second-order valence-electron chi connectivity index (χ2n) is 22.4. The minimum Gasteiger partial charge on any atom is -0.368 e. The molecule has 472 valence electrons. The summed E-state index contributed by atoms with van der Waals surface area (Å²) in [6.07, 6.45) is 6.14. The highest BCUT2D eigenvalue weighted by Gasteiger charge is 2.33. The molecule has 0 aromatic heterocycles. The van der Waals surface area contributed by atoms with Gasteiger partial charge in [0.15, 0.2) is 0 Å². The van der Waals surface area contributed by atoms with Crippen LogP contribution in [0.15, 0.2) is 109 Å². The van der Waals surface area contributed by atoms with Gasteiger partial charge in [0.1, 0.15) is 24.2 Å². The molecule has 4 atom stereocenters. The SMILES string of the molecule is CCCCN(CC(=O)N[C@@H](CCCCN)C(=O)N[C@@H](CCCCN)C(N)=O)C(=O)[C@H](CCCCN)NC(=O)CN(Cc1cccc2ccccc12)C(=O)[C@H](CCCCN)NC(=O)CN(Cc1ccc(C)cc1)C(=O)CNCc1cccc2ccccc12. The standard InChI is InChI=1S/C66H95N13O8/c1-3-4-39-77(44-59(80)73-56(28-10-14-36-68)64(85)76-55(63(71)84)27-9-13-35-67)65(86)57(29-11-15-37-69)74-61(82)46-79(43-52-24-18-22-50-20-6-8-26-54(50)52)66(87)58(30-12-16-38-70)75-60(81)45-78(42-48-33-31-47(2)32-34-48)62(83)41-72-40-51-23-17-21-49-19-5-7-25-53(49)51/h5-8,17-26,31-34,55-58,72H,3-4,9-16,27-30,35-46,67-70H2,1-2H3,(H2,71,84)(H,73,80)(H,74,82)(H,75,81)(H,76,85)/t55-,56-,57-,58-/m0/s1. The Morgan fingerprint density at radius 3 is 1.44 bits per heavy atom. The van der Waals surface area contributed by atoms with E-state index in [1.54, 1.807) is 0 Å². The summed E-state index contributed by atoms with van der Waals surface area (Å²) in [4.78, 5) is 118. The van der Waals surface area contributed by atoms with E-state index in [-0.39, 0.29) is 64.3 Å². The monoisotopic (exact) mass is 1200 g/mol. The Bertz CT molecular complexity index is 2990. The Morgan fingerprint density at radius 1 is 0.460 bits per heavy atom. The van der Waals surface area contributed by atoms with Gasteiger partial charge in [0.2, 0.25) is 47.3 Å². The van der Waals surface area contributed by atoms with Crippen molar-refractivity contribution < 1.29 is 38.4 Å². The number of carbonyl (C=O) groups excluding carboxylic acids is 8. The van der Waals surface area contributed by atoms with E-state index in [2.05, 4.69) is 26.6 Å². The first-order valence-electron chi connectivity index (χ1n) is 30.9. The normalized spacial score (nSPS) is 12.6. The number of rotatable bonds is 41. The molecule has 0 saturated carbocycles. The Labute approximate surface area is 513 Å². The average Bonchev–Trinajstić information content (AvgIpc) is 3.49. The molecule has 0 radical (unpaired) electrons. The van der Waals surface area contributed by atoms with Crippen LogP contribution in [-0.4, -0.2) is 145 Å². The highest BCUT2D eigenvalue weighted by molar-refractivity contribution is 5.96. The number of benzene rings is 5. The first kappa shape index (κ1) is 69.9. The molecular weight excluding hydrogens is 1100 g/mol. The van der Waals surface area contributed by atoms with Crippen LogP contribution in [0.25, 0.3) is 21.5 Å². The van der Waals surface area contributed by atoms with Gasteiger partial charge < -0.3 is 70.0 Å². The Kier molecular flexibility index (Phi) is 30.8. The molecule has 87 heavy (non-hydrogen) atoms. The van der Waals surface area contributed by atoms with Gasteiger partial charge in [0.05, 0.1) is 26.2 Å². The molecule has 21 heteroatoms. The van der Waals surface area contributed by atoms with Crippen LogP contribution in [0.5, 0.6) is 0 Å². The first-order chi connectivity index (χ1) is 42.1. The highest BCUT2D eigenvalue weighted by Crippen LogP contribution is 2.22. The lowest BCUT2D eigenvalue weighted by atomic mass is 10.0. The molecule has 0 bridgehead atoms. The van der Waals surface area contributed by atoms with Crippen molar-refractivity contribution in [1.29, 1.82) is 0 Å². The van der Waals surface area contributed by atoms with E-state index in [1.807, 2.05) is 123 Å². The van der Waals surface area contributed by atoms with Crippen LogP contribution in [0, 0.1) is 6.92 Å². The third-order valence-electron chi connectivity index (χ3n) is 15.3. The summed E-state index contributed by atoms with van der Waals surface area (Å²) >= 11 is 0. The van der Waals surface area contributed by atoms with E-state index >= 15 is 4.79 Å². The Balaban J connectivity index is 1.40. The predicted octanol–water partition coefficient (Wildman–Crippen LogP) is 4.02. The van der Waals surface area contributed by atoms with Crippen LogP contribution < -0.4 is 55.3 Å². The smallest absolute Gasteiger partial charge is 0.245 e. The zero-order valence-corrected chi connectivity index (χ0v) is 51.1. The second kappa shape index (κ2) is 38.4. The van der Waals surface area contributed by atoms with Crippen LogP contribution in [-0.2, 0) is 58.0 Å². The molecule has 0 aliphatic rings. The van der Waals surface area contributed by atoms with E-state index in [9.17, 15) is 33.6 Å². The maximum Gasteiger partial charge on any atom is 0.245 e. The molecule has 0 fully saturated rings. The topological polar surface area (TPSA) is 337 Å². The lowest BCUT2D eigenvalue weighted by molar-refractivity contribution is -0.143. The van der Waals surface area contributed by atoms with Crippen LogP contribution in [0.3, 0.4) is 0 Å². The molecule has 0 spiro atoms. The number of aryl methyl sites for hydroxylation is 1. The summed E-state index contributed by atoms with van der Waals surface area (Å²) in [5, 5.41) is 18.5. The molecule has 0 heterocycles. The molecule has 15 N–H and O–H groups in total. The van der Waals surface area contributed by atoms with Crippen molar-refractivity contribution in [3.63, 3.8) is 0 Å². The van der Waals surface area contributed by atoms with E-state index in [1.165, 1.54) is 14.7 Å². The van der Waals surface area contributed by atoms with Crippen LogP contribution >= 0.6 is 0 Å². The predicted molar refractivity (Wildman–Crippen MR) is 342 cm³/mol. The largest absolute Gasteiger partial charge is 0.368 e. The van der Waals surface area contributed by atoms with E-state index < -0.39 is 78.6 Å². The van der Waals surface area contributed by atoms with Crippen LogP contribution in [0.2, 0.25) is 0 Å². The third-order valence-corrected chi connectivity index (χ3v) is 15.3. The van der Waals surface area contributed by atoms with E-state index in [0.717, 1.165) is 43.8 Å². The van der Waals surface area contributed by atoms with Gasteiger partial charge in [0, 0.05) is 26.2 Å². The molecule has 8 amide bonds. The van der Waals surface area contributed by atoms with E-state index in [4.69, 9.17) is 28.7 Å². The molecule has 5 aromatic rings. The summed E-state index contributed by atoms with van der Waals surface area (Å²) in [6.45, 7) is 4.49. The minimum absolute atomic E-state index is 0.0558. The van der Waals surface area contributed by atoms with Gasteiger partial charge in [0.25, 0.3) is 0 Å². The van der Waals surface area contributed by atoms with Crippen molar-refractivity contribution >= 4 is 68.8 Å². The molecular formula is C66H95N13O8. The fourth-order valence-electron chi connectivity index (χ4n) is 10.5. The van der Waals surface area contributed by atoms with Gasteiger partial charge >= 0.3 is 0 Å². The maximum atomic E-state index is 15.3. The van der Waals surface area contributed by atoms with Crippen molar-refractivity contribution in [2.24, 2.45) is 28.7 Å². The number of nitrogens with zero attached hydrogens (tertiary/aromatic N) is 3. The average molecular weight is 1200 g/mol. The number of fused-ring (bicyclic) bond motifs is 2. The number of hydrogen-bond acceptors (Lipinski definition) is 13. The number of amides is 8. The molecule has 5 rings (SSSR count). The second-order valence-corrected chi connectivity index (χ2v) is 22.4. The fourth-order valence-corrected chi connectivity index (χ4v) is 10.5. The van der Waals surface area contributed by atoms with Crippen LogP contribution in [0.4, 0.5) is 0 Å². The Morgan fingerprint density at radius 2 is 0.908 bits per heavy atom. The molecule has 0 saturated heterocycles. The van der Waals surface area contributed by atoms with Crippen LogP contribution in [0.1, 0.15) is 119 Å². The zero-order valence-electron chi connectivity index (χ0n) is 51.1.